The fourth-order valence-electron chi connectivity index (χ4n) is 3.98. The molecular formula is C27H35F3N6O2. The van der Waals surface area contributed by atoms with Crippen molar-refractivity contribution in [2.75, 3.05) is 19.0 Å². The van der Waals surface area contributed by atoms with Crippen molar-refractivity contribution in [1.82, 2.24) is 25.4 Å². The lowest BCUT2D eigenvalue weighted by atomic mass is 9.99. The fraction of sp³-hybridized carbons (Fsp3) is 0.444. The third kappa shape index (κ3) is 8.20. The van der Waals surface area contributed by atoms with Gasteiger partial charge in [0.05, 0.1) is 18.8 Å². The summed E-state index contributed by atoms with van der Waals surface area (Å²) in [5, 5.41) is 13.0. The Labute approximate surface area is 221 Å². The number of anilines is 1. The van der Waals surface area contributed by atoms with Crippen LogP contribution in [-0.4, -0.2) is 52.6 Å². The first kappa shape index (κ1) is 29.0. The summed E-state index contributed by atoms with van der Waals surface area (Å²) >= 11 is 0. The van der Waals surface area contributed by atoms with Crippen molar-refractivity contribution in [2.45, 2.75) is 57.9 Å². The molecule has 0 spiro atoms. The van der Waals surface area contributed by atoms with Crippen LogP contribution in [0.3, 0.4) is 0 Å². The average Bonchev–Trinajstić information content (AvgIpc) is 3.43. The lowest BCUT2D eigenvalue weighted by Gasteiger charge is -2.29. The number of nitrogens with one attached hydrogen (secondary N) is 3. The molecule has 206 valence electrons. The minimum absolute atomic E-state index is 0.00683. The van der Waals surface area contributed by atoms with Gasteiger partial charge in [-0.05, 0) is 54.7 Å². The first-order valence-corrected chi connectivity index (χ1v) is 12.6. The summed E-state index contributed by atoms with van der Waals surface area (Å²) in [7, 11) is 1.39. The molecule has 3 atom stereocenters. The van der Waals surface area contributed by atoms with Gasteiger partial charge in [-0.25, -0.2) is 9.67 Å². The molecule has 3 N–H and O–H groups in total. The van der Waals surface area contributed by atoms with Gasteiger partial charge in [0.15, 0.2) is 0 Å². The molecular weight excluding hydrogens is 497 g/mol. The van der Waals surface area contributed by atoms with E-state index in [1.54, 1.807) is 10.9 Å². The predicted molar refractivity (Wildman–Crippen MR) is 140 cm³/mol. The minimum atomic E-state index is -4.63. The molecule has 0 fully saturated rings. The minimum Gasteiger partial charge on any atom is -0.481 e. The molecule has 0 aliphatic rings. The van der Waals surface area contributed by atoms with Gasteiger partial charge >= 0.3 is 6.18 Å². The summed E-state index contributed by atoms with van der Waals surface area (Å²) in [5.41, 5.74) is 1.68. The normalized spacial score (nSPS) is 14.1. The number of benzene rings is 1. The van der Waals surface area contributed by atoms with E-state index in [1.165, 1.54) is 19.2 Å². The van der Waals surface area contributed by atoms with E-state index < -0.39 is 24.2 Å². The number of nitrogens with zero attached hydrogens (tertiary/aromatic N) is 3. The summed E-state index contributed by atoms with van der Waals surface area (Å²) in [4.78, 5) is 17.1. The Morgan fingerprint density at radius 2 is 1.87 bits per heavy atom. The molecule has 2 aromatic heterocycles. The summed E-state index contributed by atoms with van der Waals surface area (Å²) in [5.74, 6) is -0.273. The Bertz CT molecular complexity index is 1120. The number of halogens is 3. The van der Waals surface area contributed by atoms with Crippen LogP contribution in [0, 0.1) is 5.92 Å². The Balaban J connectivity index is 1.66. The summed E-state index contributed by atoms with van der Waals surface area (Å²) in [6.45, 7) is 6.07. The van der Waals surface area contributed by atoms with E-state index in [-0.39, 0.29) is 29.8 Å². The zero-order valence-electron chi connectivity index (χ0n) is 22.0. The average molecular weight is 533 g/mol. The molecule has 3 rings (SSSR count). The number of rotatable bonds is 13. The SMILES string of the molecule is CC[C@@H](CNc1ccc(-n2cccn2)cc1)NC(=O)[C@H](CC(C)C)N[C@@H](c1ccc(OC)nc1)C(F)(F)F. The van der Waals surface area contributed by atoms with Crippen LogP contribution in [0.4, 0.5) is 18.9 Å². The second kappa shape index (κ2) is 13.3. The summed E-state index contributed by atoms with van der Waals surface area (Å²) in [6, 6.07) is 8.78. The molecule has 0 radical (unpaired) electrons. The molecule has 0 aliphatic carbocycles. The molecule has 0 aliphatic heterocycles. The van der Waals surface area contributed by atoms with Gasteiger partial charge in [0, 0.05) is 42.9 Å². The number of carbonyl (C=O) groups is 1. The maximum Gasteiger partial charge on any atom is 0.407 e. The van der Waals surface area contributed by atoms with Crippen molar-refractivity contribution in [1.29, 1.82) is 0 Å². The van der Waals surface area contributed by atoms with Crippen LogP contribution < -0.4 is 20.7 Å². The molecule has 1 amide bonds. The lowest BCUT2D eigenvalue weighted by molar-refractivity contribution is -0.161. The molecule has 0 saturated carbocycles. The third-order valence-corrected chi connectivity index (χ3v) is 6.05. The van der Waals surface area contributed by atoms with Crippen molar-refractivity contribution in [2.24, 2.45) is 5.92 Å². The number of aromatic nitrogens is 3. The van der Waals surface area contributed by atoms with Gasteiger partial charge in [-0.1, -0.05) is 26.8 Å². The highest BCUT2D eigenvalue weighted by Crippen LogP contribution is 2.33. The second-order valence-electron chi connectivity index (χ2n) is 9.45. The number of ether oxygens (including phenoxy) is 1. The van der Waals surface area contributed by atoms with Gasteiger partial charge < -0.3 is 15.4 Å². The topological polar surface area (TPSA) is 93.1 Å². The second-order valence-corrected chi connectivity index (χ2v) is 9.45. The van der Waals surface area contributed by atoms with E-state index in [0.717, 1.165) is 17.6 Å². The number of methoxy groups -OCH3 is 1. The van der Waals surface area contributed by atoms with Gasteiger partial charge in [0.1, 0.15) is 6.04 Å². The Kier molecular flexibility index (Phi) is 10.1. The van der Waals surface area contributed by atoms with Gasteiger partial charge in [-0.15, -0.1) is 0 Å². The molecule has 38 heavy (non-hydrogen) atoms. The van der Waals surface area contributed by atoms with Gasteiger partial charge in [-0.3, -0.25) is 10.1 Å². The molecule has 3 aromatic rings. The van der Waals surface area contributed by atoms with Crippen LogP contribution in [0.2, 0.25) is 0 Å². The van der Waals surface area contributed by atoms with Crippen LogP contribution in [-0.2, 0) is 4.79 Å². The van der Waals surface area contributed by atoms with Crippen molar-refractivity contribution in [3.63, 3.8) is 0 Å². The standard InChI is InChI=1S/C27H35F3N6O2/c1-5-20(17-31-21-8-10-22(11-9-21)36-14-6-13-33-36)34-26(37)23(15-18(2)3)35-25(27(28,29)30)19-7-12-24(38-4)32-16-19/h6-14,16,18,20,23,25,31,35H,5,15,17H2,1-4H3,(H,34,37)/t20-,23-,25-/m0/s1. The van der Waals surface area contributed by atoms with Crippen LogP contribution in [0.25, 0.3) is 5.69 Å². The van der Waals surface area contributed by atoms with E-state index in [4.69, 9.17) is 4.74 Å². The van der Waals surface area contributed by atoms with E-state index in [2.05, 4.69) is 26.0 Å². The molecule has 8 nitrogen and oxygen atoms in total. The highest BCUT2D eigenvalue weighted by Gasteiger charge is 2.43. The van der Waals surface area contributed by atoms with Crippen molar-refractivity contribution >= 4 is 11.6 Å². The van der Waals surface area contributed by atoms with Gasteiger partial charge in [0.25, 0.3) is 0 Å². The van der Waals surface area contributed by atoms with Crippen LogP contribution in [0.15, 0.2) is 61.1 Å². The zero-order chi connectivity index (χ0) is 27.7. The largest absolute Gasteiger partial charge is 0.481 e. The molecule has 0 bridgehead atoms. The highest BCUT2D eigenvalue weighted by molar-refractivity contribution is 5.82. The summed E-state index contributed by atoms with van der Waals surface area (Å²) < 4.78 is 48.8. The quantitative estimate of drug-likeness (QED) is 0.290. The number of hydrogen-bond donors (Lipinski definition) is 3. The molecule has 0 saturated heterocycles. The fourth-order valence-corrected chi connectivity index (χ4v) is 3.98. The molecule has 2 heterocycles. The number of carbonyl (C=O) groups excluding carboxylic acids is 1. The highest BCUT2D eigenvalue weighted by atomic mass is 19.4. The van der Waals surface area contributed by atoms with E-state index >= 15 is 0 Å². The zero-order valence-corrected chi connectivity index (χ0v) is 22.0. The molecule has 0 unspecified atom stereocenters. The lowest BCUT2D eigenvalue weighted by Crippen LogP contribution is -2.52. The molecule has 11 heteroatoms. The van der Waals surface area contributed by atoms with Crippen LogP contribution >= 0.6 is 0 Å². The van der Waals surface area contributed by atoms with E-state index in [9.17, 15) is 18.0 Å². The van der Waals surface area contributed by atoms with Crippen molar-refractivity contribution < 1.29 is 22.7 Å². The first-order chi connectivity index (χ1) is 18.1. The smallest absolute Gasteiger partial charge is 0.407 e. The Morgan fingerprint density at radius 1 is 1.13 bits per heavy atom. The number of pyridine rings is 1. The molecule has 1 aromatic carbocycles. The van der Waals surface area contributed by atoms with Crippen molar-refractivity contribution in [3.05, 3.63) is 66.6 Å². The number of hydrogen-bond acceptors (Lipinski definition) is 6. The van der Waals surface area contributed by atoms with Crippen molar-refractivity contribution in [3.8, 4) is 11.6 Å². The Hall–Kier alpha value is -3.60. The van der Waals surface area contributed by atoms with Gasteiger partial charge in [-0.2, -0.15) is 18.3 Å². The number of amides is 1. The summed E-state index contributed by atoms with van der Waals surface area (Å²) in [6.07, 6.45) is 0.878. The predicted octanol–water partition coefficient (Wildman–Crippen LogP) is 4.89. The van der Waals surface area contributed by atoms with E-state index in [0.29, 0.717) is 13.0 Å². The maximum absolute atomic E-state index is 14.0. The van der Waals surface area contributed by atoms with Gasteiger partial charge in [0.2, 0.25) is 11.8 Å². The first-order valence-electron chi connectivity index (χ1n) is 12.6. The monoisotopic (exact) mass is 532 g/mol. The Morgan fingerprint density at radius 3 is 2.39 bits per heavy atom. The maximum atomic E-state index is 14.0. The van der Waals surface area contributed by atoms with Crippen LogP contribution in [0.5, 0.6) is 5.88 Å². The third-order valence-electron chi connectivity index (χ3n) is 6.05. The van der Waals surface area contributed by atoms with Crippen LogP contribution in [0.1, 0.15) is 45.2 Å². The number of alkyl halides is 3. The van der Waals surface area contributed by atoms with E-state index in [1.807, 2.05) is 57.3 Å².